The third-order valence-corrected chi connectivity index (χ3v) is 3.52. The molecule has 1 N–H and O–H groups in total. The van der Waals surface area contributed by atoms with Crippen LogP contribution in [0.2, 0.25) is 0 Å². The zero-order chi connectivity index (χ0) is 14.4. The van der Waals surface area contributed by atoms with Gasteiger partial charge in [0.25, 0.3) is 0 Å². The molecule has 0 unspecified atom stereocenters. The lowest BCUT2D eigenvalue weighted by Gasteiger charge is -2.12. The predicted octanol–water partition coefficient (Wildman–Crippen LogP) is 4.31. The predicted molar refractivity (Wildman–Crippen MR) is 90.6 cm³/mol. The Bertz CT molecular complexity index is 572. The molecular formula is C16H18INO2. The molecule has 106 valence electrons. The van der Waals surface area contributed by atoms with Crippen LogP contribution in [0.1, 0.15) is 12.5 Å². The molecule has 0 amide bonds. The standard InChI is InChI=1S/C16H18INO2/c1-3-20-16-9-12(7-8-15(16)19-2)11-18-14-6-4-5-13(17)10-14/h4-10,18H,3,11H2,1-2H3. The first-order valence-electron chi connectivity index (χ1n) is 6.52. The number of benzene rings is 2. The number of hydrogen-bond donors (Lipinski definition) is 1. The Morgan fingerprint density at radius 3 is 2.65 bits per heavy atom. The van der Waals surface area contributed by atoms with Gasteiger partial charge in [-0.2, -0.15) is 0 Å². The van der Waals surface area contributed by atoms with E-state index in [9.17, 15) is 0 Å². The molecule has 0 saturated heterocycles. The lowest BCUT2D eigenvalue weighted by molar-refractivity contribution is 0.310. The van der Waals surface area contributed by atoms with E-state index in [0.29, 0.717) is 6.61 Å². The molecule has 2 aromatic rings. The van der Waals surface area contributed by atoms with E-state index in [1.165, 1.54) is 3.57 Å². The molecule has 0 fully saturated rings. The quantitative estimate of drug-likeness (QED) is 0.755. The van der Waals surface area contributed by atoms with Crippen molar-refractivity contribution in [2.24, 2.45) is 0 Å². The Labute approximate surface area is 133 Å². The maximum absolute atomic E-state index is 5.59. The number of hydrogen-bond acceptors (Lipinski definition) is 3. The van der Waals surface area contributed by atoms with Gasteiger partial charge in [0.05, 0.1) is 13.7 Å². The minimum Gasteiger partial charge on any atom is -0.493 e. The number of halogens is 1. The van der Waals surface area contributed by atoms with Gasteiger partial charge in [-0.3, -0.25) is 0 Å². The molecule has 0 aliphatic rings. The van der Waals surface area contributed by atoms with Crippen molar-refractivity contribution >= 4 is 28.3 Å². The third kappa shape index (κ3) is 4.03. The van der Waals surface area contributed by atoms with Crippen LogP contribution in [0, 0.1) is 3.57 Å². The molecule has 3 nitrogen and oxygen atoms in total. The van der Waals surface area contributed by atoms with Crippen LogP contribution < -0.4 is 14.8 Å². The van der Waals surface area contributed by atoms with E-state index in [-0.39, 0.29) is 0 Å². The molecule has 0 spiro atoms. The maximum Gasteiger partial charge on any atom is 0.161 e. The number of methoxy groups -OCH3 is 1. The zero-order valence-corrected chi connectivity index (χ0v) is 13.8. The molecule has 0 aromatic heterocycles. The fourth-order valence-electron chi connectivity index (χ4n) is 1.90. The van der Waals surface area contributed by atoms with Crippen molar-refractivity contribution in [1.29, 1.82) is 0 Å². The smallest absolute Gasteiger partial charge is 0.161 e. The first-order chi connectivity index (χ1) is 9.72. The van der Waals surface area contributed by atoms with Crippen LogP contribution in [0.5, 0.6) is 11.5 Å². The largest absolute Gasteiger partial charge is 0.493 e. The summed E-state index contributed by atoms with van der Waals surface area (Å²) in [5.74, 6) is 1.56. The fourth-order valence-corrected chi connectivity index (χ4v) is 2.45. The molecule has 0 radical (unpaired) electrons. The number of anilines is 1. The van der Waals surface area contributed by atoms with Gasteiger partial charge in [0, 0.05) is 15.8 Å². The van der Waals surface area contributed by atoms with Crippen LogP contribution >= 0.6 is 22.6 Å². The summed E-state index contributed by atoms with van der Waals surface area (Å²) in [6.45, 7) is 3.35. The van der Waals surface area contributed by atoms with E-state index in [2.05, 4.69) is 46.1 Å². The monoisotopic (exact) mass is 383 g/mol. The summed E-state index contributed by atoms with van der Waals surface area (Å²) in [6.07, 6.45) is 0. The number of ether oxygens (including phenoxy) is 2. The fraction of sp³-hybridized carbons (Fsp3) is 0.250. The summed E-state index contributed by atoms with van der Waals surface area (Å²) in [7, 11) is 1.65. The minimum atomic E-state index is 0.629. The lowest BCUT2D eigenvalue weighted by atomic mass is 10.2. The molecular weight excluding hydrogens is 365 g/mol. The van der Waals surface area contributed by atoms with E-state index in [0.717, 1.165) is 29.3 Å². The Hall–Kier alpha value is -1.43. The zero-order valence-electron chi connectivity index (χ0n) is 11.7. The van der Waals surface area contributed by atoms with Crippen molar-refractivity contribution in [2.45, 2.75) is 13.5 Å². The molecule has 0 bridgehead atoms. The van der Waals surface area contributed by atoms with Gasteiger partial charge in [-0.25, -0.2) is 0 Å². The van der Waals surface area contributed by atoms with Crippen LogP contribution in [0.25, 0.3) is 0 Å². The second-order valence-corrected chi connectivity index (χ2v) is 5.53. The normalized spacial score (nSPS) is 10.2. The number of rotatable bonds is 6. The Balaban J connectivity index is 2.07. The molecule has 20 heavy (non-hydrogen) atoms. The van der Waals surface area contributed by atoms with Gasteiger partial charge in [-0.05, 0) is 65.4 Å². The van der Waals surface area contributed by atoms with E-state index in [4.69, 9.17) is 9.47 Å². The third-order valence-electron chi connectivity index (χ3n) is 2.85. The lowest BCUT2D eigenvalue weighted by Crippen LogP contribution is -2.01. The molecule has 2 aromatic carbocycles. The number of nitrogens with one attached hydrogen (secondary N) is 1. The topological polar surface area (TPSA) is 30.5 Å². The van der Waals surface area contributed by atoms with Gasteiger partial charge in [0.2, 0.25) is 0 Å². The van der Waals surface area contributed by atoms with Gasteiger partial charge in [0.15, 0.2) is 11.5 Å². The summed E-state index contributed by atoms with van der Waals surface area (Å²) in [5, 5.41) is 3.41. The van der Waals surface area contributed by atoms with Crippen LogP contribution in [0.3, 0.4) is 0 Å². The van der Waals surface area contributed by atoms with Crippen LogP contribution in [0.15, 0.2) is 42.5 Å². The average Bonchev–Trinajstić information content (AvgIpc) is 2.46. The van der Waals surface area contributed by atoms with Crippen LogP contribution in [-0.4, -0.2) is 13.7 Å². The van der Waals surface area contributed by atoms with Crippen molar-refractivity contribution in [1.82, 2.24) is 0 Å². The minimum absolute atomic E-state index is 0.629. The highest BCUT2D eigenvalue weighted by molar-refractivity contribution is 14.1. The van der Waals surface area contributed by atoms with Gasteiger partial charge in [-0.1, -0.05) is 12.1 Å². The summed E-state index contributed by atoms with van der Waals surface area (Å²) in [4.78, 5) is 0. The SMILES string of the molecule is CCOc1cc(CNc2cccc(I)c2)ccc1OC. The van der Waals surface area contributed by atoms with Gasteiger partial charge >= 0.3 is 0 Å². The summed E-state index contributed by atoms with van der Waals surface area (Å²) in [6, 6.07) is 14.3. The summed E-state index contributed by atoms with van der Waals surface area (Å²) >= 11 is 2.31. The summed E-state index contributed by atoms with van der Waals surface area (Å²) < 4.78 is 12.1. The van der Waals surface area contributed by atoms with Crippen molar-refractivity contribution in [3.63, 3.8) is 0 Å². The van der Waals surface area contributed by atoms with E-state index in [1.54, 1.807) is 7.11 Å². The Morgan fingerprint density at radius 1 is 1.10 bits per heavy atom. The Morgan fingerprint density at radius 2 is 1.95 bits per heavy atom. The van der Waals surface area contributed by atoms with Crippen molar-refractivity contribution in [3.05, 3.63) is 51.6 Å². The first kappa shape index (κ1) is 15.0. The van der Waals surface area contributed by atoms with Crippen molar-refractivity contribution in [3.8, 4) is 11.5 Å². The molecule has 2 rings (SSSR count). The molecule has 0 aliphatic carbocycles. The van der Waals surface area contributed by atoms with E-state index >= 15 is 0 Å². The van der Waals surface area contributed by atoms with Crippen LogP contribution in [0.4, 0.5) is 5.69 Å². The van der Waals surface area contributed by atoms with Crippen molar-refractivity contribution < 1.29 is 9.47 Å². The second-order valence-electron chi connectivity index (χ2n) is 4.28. The second kappa shape index (κ2) is 7.38. The Kier molecular flexibility index (Phi) is 5.52. The van der Waals surface area contributed by atoms with E-state index in [1.807, 2.05) is 31.2 Å². The highest BCUT2D eigenvalue weighted by Crippen LogP contribution is 2.28. The average molecular weight is 383 g/mol. The first-order valence-corrected chi connectivity index (χ1v) is 7.60. The van der Waals surface area contributed by atoms with Gasteiger partial charge in [-0.15, -0.1) is 0 Å². The highest BCUT2D eigenvalue weighted by atomic mass is 127. The molecule has 0 saturated carbocycles. The van der Waals surface area contributed by atoms with Crippen LogP contribution in [-0.2, 0) is 6.54 Å². The molecule has 0 atom stereocenters. The van der Waals surface area contributed by atoms with Crippen molar-refractivity contribution in [2.75, 3.05) is 19.0 Å². The maximum atomic E-state index is 5.59. The molecule has 0 heterocycles. The van der Waals surface area contributed by atoms with Gasteiger partial charge < -0.3 is 14.8 Å². The highest BCUT2D eigenvalue weighted by Gasteiger charge is 2.05. The summed E-state index contributed by atoms with van der Waals surface area (Å²) in [5.41, 5.74) is 2.28. The van der Waals surface area contributed by atoms with Gasteiger partial charge in [0.1, 0.15) is 0 Å². The van der Waals surface area contributed by atoms with E-state index < -0.39 is 0 Å². The molecule has 4 heteroatoms. The molecule has 0 aliphatic heterocycles.